The van der Waals surface area contributed by atoms with Crippen molar-refractivity contribution in [2.45, 2.75) is 83.1 Å². The number of amides is 1. The molecule has 6 nitrogen and oxygen atoms in total. The lowest BCUT2D eigenvalue weighted by molar-refractivity contribution is -0.211. The molecule has 0 aromatic heterocycles. The minimum Gasteiger partial charge on any atom is -0.486 e. The van der Waals surface area contributed by atoms with E-state index in [1.165, 1.54) is 0 Å². The molecular formula is C29H35ClN2O4. The van der Waals surface area contributed by atoms with E-state index < -0.39 is 28.7 Å². The van der Waals surface area contributed by atoms with Crippen molar-refractivity contribution in [3.63, 3.8) is 0 Å². The molecule has 6 rings (SSSR count). The molecule has 192 valence electrons. The Morgan fingerprint density at radius 2 is 1.94 bits per heavy atom. The number of hydrogen-bond donors (Lipinski definition) is 3. The second kappa shape index (κ2) is 7.46. The number of ether oxygens (including phenoxy) is 1. The monoisotopic (exact) mass is 510 g/mol. The molecule has 2 aliphatic heterocycles. The van der Waals surface area contributed by atoms with Crippen molar-refractivity contribution in [1.82, 2.24) is 5.32 Å². The number of carbonyl (C=O) groups is 2. The first-order chi connectivity index (χ1) is 16.8. The quantitative estimate of drug-likeness (QED) is 0.521. The summed E-state index contributed by atoms with van der Waals surface area (Å²) in [4.78, 5) is 26.4. The highest BCUT2D eigenvalue weighted by molar-refractivity contribution is 6.31. The predicted molar refractivity (Wildman–Crippen MR) is 138 cm³/mol. The molecule has 7 heteroatoms. The zero-order chi connectivity index (χ0) is 25.8. The first kappa shape index (κ1) is 24.2. The molecule has 1 spiro atoms. The van der Waals surface area contributed by atoms with Crippen molar-refractivity contribution >= 4 is 23.3 Å². The van der Waals surface area contributed by atoms with Gasteiger partial charge >= 0.3 is 0 Å². The molecule has 1 aromatic carbocycles. The van der Waals surface area contributed by atoms with Gasteiger partial charge in [-0.3, -0.25) is 9.59 Å². The largest absolute Gasteiger partial charge is 0.486 e. The highest BCUT2D eigenvalue weighted by atomic mass is 35.5. The number of rotatable bonds is 1. The van der Waals surface area contributed by atoms with Gasteiger partial charge in [0.1, 0.15) is 17.0 Å². The van der Waals surface area contributed by atoms with E-state index in [9.17, 15) is 14.7 Å². The van der Waals surface area contributed by atoms with Crippen molar-refractivity contribution in [3.8, 4) is 5.75 Å². The van der Waals surface area contributed by atoms with Gasteiger partial charge in [-0.2, -0.15) is 0 Å². The van der Waals surface area contributed by atoms with E-state index in [-0.39, 0.29) is 23.0 Å². The number of hydrogen-bond acceptors (Lipinski definition) is 5. The average molecular weight is 511 g/mol. The van der Waals surface area contributed by atoms with Gasteiger partial charge in [0.25, 0.3) is 5.91 Å². The van der Waals surface area contributed by atoms with Crippen molar-refractivity contribution in [1.29, 1.82) is 0 Å². The van der Waals surface area contributed by atoms with Crippen LogP contribution in [0.5, 0.6) is 5.75 Å². The number of benzene rings is 1. The topological polar surface area (TPSA) is 102 Å². The third-order valence-corrected chi connectivity index (χ3v) is 10.6. The molecule has 1 aromatic rings. The lowest BCUT2D eigenvalue weighted by Gasteiger charge is -2.66. The summed E-state index contributed by atoms with van der Waals surface area (Å²) in [5.74, 6) is 0.902. The van der Waals surface area contributed by atoms with Gasteiger partial charge in [0, 0.05) is 45.7 Å². The first-order valence-corrected chi connectivity index (χ1v) is 13.4. The molecule has 2 saturated carbocycles. The first-order valence-electron chi connectivity index (χ1n) is 13.1. The van der Waals surface area contributed by atoms with Crippen LogP contribution in [0.4, 0.5) is 0 Å². The molecule has 0 radical (unpaired) electrons. The smallest absolute Gasteiger partial charge is 0.252 e. The summed E-state index contributed by atoms with van der Waals surface area (Å²) in [5, 5.41) is 15.1. The third-order valence-electron chi connectivity index (χ3n) is 10.4. The van der Waals surface area contributed by atoms with Crippen LogP contribution >= 0.6 is 11.6 Å². The number of halogens is 1. The standard InChI is InChI=1S/C29H35ClN2O4/c1-15-7-10-20-26(2,3)24(33)19(31)14-29(20)27(15,4)12-16-8-9-18-21(22(16)36-29)23(32-25(18)34)28(35)11-5-6-17(30)13-28/h5-6,8-9,13,15,19-20,23,35H,7,10-12,14,31H2,1-4H3,(H,32,34)/t15-,19+,20-,23+,27+,28?,29-/m0/s1. The minimum absolute atomic E-state index is 0.000982. The molecule has 1 amide bonds. The lowest BCUT2D eigenvalue weighted by Crippen LogP contribution is -2.73. The number of fused-ring (bicyclic) bond motifs is 3. The number of nitrogens with one attached hydrogen (secondary N) is 1. The summed E-state index contributed by atoms with van der Waals surface area (Å²) >= 11 is 6.29. The molecule has 4 N–H and O–H groups in total. The van der Waals surface area contributed by atoms with Gasteiger partial charge in [-0.15, -0.1) is 0 Å². The number of ketones is 1. The van der Waals surface area contributed by atoms with Crippen molar-refractivity contribution in [2.75, 3.05) is 0 Å². The lowest BCUT2D eigenvalue weighted by atomic mass is 9.43. The zero-order valence-corrected chi connectivity index (χ0v) is 22.1. The summed E-state index contributed by atoms with van der Waals surface area (Å²) in [6, 6.07) is 2.55. The summed E-state index contributed by atoms with van der Waals surface area (Å²) in [6.07, 6.45) is 8.65. The normalized spacial score (nSPS) is 42.4. The molecule has 0 saturated heterocycles. The Balaban J connectivity index is 1.55. The fraction of sp³-hybridized carbons (Fsp3) is 0.586. The molecular weight excluding hydrogens is 476 g/mol. The van der Waals surface area contributed by atoms with Gasteiger partial charge in [0.05, 0.1) is 12.1 Å². The van der Waals surface area contributed by atoms with Gasteiger partial charge in [0.15, 0.2) is 5.78 Å². The summed E-state index contributed by atoms with van der Waals surface area (Å²) in [7, 11) is 0. The Morgan fingerprint density at radius 3 is 2.67 bits per heavy atom. The van der Waals surface area contributed by atoms with Crippen LogP contribution in [0, 0.1) is 22.7 Å². The number of carbonyl (C=O) groups excluding carboxylic acids is 2. The van der Waals surface area contributed by atoms with Crippen LogP contribution in [-0.4, -0.2) is 34.0 Å². The molecule has 0 bridgehead atoms. The average Bonchev–Trinajstić information content (AvgIpc) is 3.15. The van der Waals surface area contributed by atoms with Crippen LogP contribution in [0.25, 0.3) is 0 Å². The summed E-state index contributed by atoms with van der Waals surface area (Å²) < 4.78 is 7.23. The van der Waals surface area contributed by atoms with E-state index in [2.05, 4.69) is 19.2 Å². The van der Waals surface area contributed by atoms with Crippen LogP contribution in [-0.2, 0) is 11.2 Å². The Labute approximate surface area is 217 Å². The summed E-state index contributed by atoms with van der Waals surface area (Å²) in [6.45, 7) is 8.61. The van der Waals surface area contributed by atoms with Crippen LogP contribution in [0.1, 0.15) is 80.9 Å². The van der Waals surface area contributed by atoms with Crippen molar-refractivity contribution < 1.29 is 19.4 Å². The van der Waals surface area contributed by atoms with E-state index >= 15 is 0 Å². The van der Waals surface area contributed by atoms with Gasteiger partial charge in [-0.1, -0.05) is 51.4 Å². The van der Waals surface area contributed by atoms with E-state index in [0.717, 1.165) is 24.8 Å². The second-order valence-corrected chi connectivity index (χ2v) is 13.0. The molecule has 7 atom stereocenters. The highest BCUT2D eigenvalue weighted by Crippen LogP contribution is 2.66. The zero-order valence-electron chi connectivity index (χ0n) is 21.4. The predicted octanol–water partition coefficient (Wildman–Crippen LogP) is 4.34. The van der Waals surface area contributed by atoms with Crippen molar-refractivity contribution in [3.05, 3.63) is 52.1 Å². The summed E-state index contributed by atoms with van der Waals surface area (Å²) in [5.41, 5.74) is 5.90. The van der Waals surface area contributed by atoms with Crippen LogP contribution < -0.4 is 15.8 Å². The maximum absolute atomic E-state index is 13.3. The molecule has 1 unspecified atom stereocenters. The van der Waals surface area contributed by atoms with Crippen molar-refractivity contribution in [2.24, 2.45) is 28.4 Å². The number of aliphatic hydroxyl groups is 1. The molecule has 2 fully saturated rings. The Bertz CT molecular complexity index is 1250. The Kier molecular flexibility index (Phi) is 5.01. The number of nitrogens with two attached hydrogens (primary N) is 1. The number of allylic oxidation sites excluding steroid dienone is 2. The molecule has 2 heterocycles. The Hall–Kier alpha value is -2.15. The fourth-order valence-electron chi connectivity index (χ4n) is 8.25. The third kappa shape index (κ3) is 2.92. The number of Topliss-reactive ketones (excluding diaryl/α,β-unsaturated/α-hetero) is 1. The maximum Gasteiger partial charge on any atom is 0.252 e. The SMILES string of the molecule is C[C@H]1CC[C@H]2C(C)(C)C(=O)[C@H](N)C[C@]23Oc2c(ccc4c2[C@H](C2(O)C=C(Cl)C=CC2)NC4=O)C[C@]13C. The molecule has 3 aliphatic carbocycles. The highest BCUT2D eigenvalue weighted by Gasteiger charge is 2.69. The van der Waals surface area contributed by atoms with E-state index in [1.807, 2.05) is 32.1 Å². The van der Waals surface area contributed by atoms with E-state index in [4.69, 9.17) is 22.1 Å². The molecule has 36 heavy (non-hydrogen) atoms. The molecule has 5 aliphatic rings. The van der Waals surface area contributed by atoms with Gasteiger partial charge in [0.2, 0.25) is 0 Å². The van der Waals surface area contributed by atoms with E-state index in [0.29, 0.717) is 40.7 Å². The second-order valence-electron chi connectivity index (χ2n) is 12.6. The van der Waals surface area contributed by atoms with Gasteiger partial charge in [-0.25, -0.2) is 0 Å². The minimum atomic E-state index is -1.37. The van der Waals surface area contributed by atoms with Crippen LogP contribution in [0.2, 0.25) is 0 Å². The van der Waals surface area contributed by atoms with Gasteiger partial charge < -0.3 is 20.9 Å². The fourth-order valence-corrected chi connectivity index (χ4v) is 8.53. The van der Waals surface area contributed by atoms with Crippen LogP contribution in [0.3, 0.4) is 0 Å². The Morgan fingerprint density at radius 1 is 1.19 bits per heavy atom. The maximum atomic E-state index is 13.3. The van der Waals surface area contributed by atoms with E-state index in [1.54, 1.807) is 12.2 Å². The van der Waals surface area contributed by atoms with Gasteiger partial charge in [-0.05, 0) is 49.0 Å². The van der Waals surface area contributed by atoms with Crippen LogP contribution in [0.15, 0.2) is 35.4 Å².